The predicted octanol–water partition coefficient (Wildman–Crippen LogP) is 1.32. The van der Waals surface area contributed by atoms with Crippen LogP contribution in [-0.4, -0.2) is 11.0 Å². The van der Waals surface area contributed by atoms with Crippen LogP contribution >= 0.6 is 11.8 Å². The van der Waals surface area contributed by atoms with Crippen LogP contribution in [0.1, 0.15) is 6.92 Å². The molecule has 54 valence electrons. The van der Waals surface area contributed by atoms with Crippen LogP contribution < -0.4 is 4.73 Å². The van der Waals surface area contributed by atoms with E-state index in [1.165, 1.54) is 0 Å². The Labute approximate surface area is 64.5 Å². The minimum absolute atomic E-state index is 0.880. The van der Waals surface area contributed by atoms with Crippen molar-refractivity contribution in [3.05, 3.63) is 24.4 Å². The molecule has 0 amide bonds. The van der Waals surface area contributed by atoms with Crippen LogP contribution in [0.5, 0.6) is 0 Å². The van der Waals surface area contributed by atoms with Gasteiger partial charge in [0.15, 0.2) is 0 Å². The summed E-state index contributed by atoms with van der Waals surface area (Å²) in [4.78, 5) is 0. The first-order chi connectivity index (χ1) is 4.84. The molecule has 0 aliphatic carbocycles. The lowest BCUT2D eigenvalue weighted by Crippen LogP contribution is -2.31. The van der Waals surface area contributed by atoms with E-state index in [2.05, 4.69) is 6.92 Å². The van der Waals surface area contributed by atoms with Crippen LogP contribution in [0.4, 0.5) is 0 Å². The predicted molar refractivity (Wildman–Crippen MR) is 40.2 cm³/mol. The van der Waals surface area contributed by atoms with Gasteiger partial charge in [0.05, 0.1) is 0 Å². The zero-order valence-corrected chi connectivity index (χ0v) is 6.64. The van der Waals surface area contributed by atoms with Gasteiger partial charge in [0.25, 0.3) is 5.03 Å². The monoisotopic (exact) mass is 156 g/mol. The van der Waals surface area contributed by atoms with E-state index in [0.29, 0.717) is 0 Å². The summed E-state index contributed by atoms with van der Waals surface area (Å²) in [7, 11) is 0. The quantitative estimate of drug-likeness (QED) is 0.397. The Kier molecular flexibility index (Phi) is 2.57. The third kappa shape index (κ3) is 1.64. The highest BCUT2D eigenvalue weighted by Gasteiger charge is 2.05. The maximum absolute atomic E-state index is 9.14. The molecule has 1 rings (SSSR count). The lowest BCUT2D eigenvalue weighted by molar-refractivity contribution is -0.932. The van der Waals surface area contributed by atoms with Crippen molar-refractivity contribution in [2.75, 3.05) is 5.75 Å². The summed E-state index contributed by atoms with van der Waals surface area (Å²) in [5.74, 6) is 0.977. The van der Waals surface area contributed by atoms with Crippen molar-refractivity contribution < 1.29 is 9.94 Å². The van der Waals surface area contributed by atoms with Gasteiger partial charge in [-0.25, -0.2) is 0 Å². The number of aromatic nitrogens is 1. The molecule has 0 fully saturated rings. The Morgan fingerprint density at radius 1 is 1.60 bits per heavy atom. The molecule has 0 saturated carbocycles. The van der Waals surface area contributed by atoms with Crippen LogP contribution in [0.15, 0.2) is 29.4 Å². The fourth-order valence-electron chi connectivity index (χ4n) is 0.681. The van der Waals surface area contributed by atoms with Gasteiger partial charge in [-0.15, -0.1) is 0 Å². The van der Waals surface area contributed by atoms with Gasteiger partial charge in [-0.2, -0.15) is 0 Å². The molecule has 10 heavy (non-hydrogen) atoms. The molecule has 0 unspecified atom stereocenters. The van der Waals surface area contributed by atoms with E-state index < -0.39 is 0 Å². The first kappa shape index (κ1) is 7.41. The zero-order valence-electron chi connectivity index (χ0n) is 5.82. The second-order valence-corrected chi connectivity index (χ2v) is 3.10. The molecule has 0 atom stereocenters. The average Bonchev–Trinajstić information content (AvgIpc) is 1.94. The SMILES string of the molecule is CCSc1cccc[n+]1O. The van der Waals surface area contributed by atoms with Crippen molar-refractivity contribution in [3.63, 3.8) is 0 Å². The average molecular weight is 156 g/mol. The first-order valence-corrected chi connectivity index (χ1v) is 4.16. The van der Waals surface area contributed by atoms with E-state index in [-0.39, 0.29) is 0 Å². The number of pyridine rings is 1. The van der Waals surface area contributed by atoms with Crippen LogP contribution in [0.25, 0.3) is 0 Å². The van der Waals surface area contributed by atoms with Crippen LogP contribution in [0, 0.1) is 0 Å². The lowest BCUT2D eigenvalue weighted by atomic mass is 10.5. The minimum Gasteiger partial charge on any atom is -0.284 e. The Hall–Kier alpha value is -0.700. The number of thioether (sulfide) groups is 1. The van der Waals surface area contributed by atoms with E-state index in [9.17, 15) is 0 Å². The van der Waals surface area contributed by atoms with Crippen molar-refractivity contribution in [1.29, 1.82) is 0 Å². The number of hydrogen-bond donors (Lipinski definition) is 1. The second-order valence-electron chi connectivity index (χ2n) is 1.82. The number of nitrogens with zero attached hydrogens (tertiary/aromatic N) is 1. The van der Waals surface area contributed by atoms with Gasteiger partial charge in [-0.05, 0) is 6.07 Å². The highest BCUT2D eigenvalue weighted by Crippen LogP contribution is 2.10. The molecule has 1 heterocycles. The molecule has 2 nitrogen and oxygen atoms in total. The Bertz CT molecular complexity index is 215. The summed E-state index contributed by atoms with van der Waals surface area (Å²) in [5, 5.41) is 10.0. The van der Waals surface area contributed by atoms with Gasteiger partial charge in [-0.3, -0.25) is 5.21 Å². The van der Waals surface area contributed by atoms with Gasteiger partial charge in [0.2, 0.25) is 6.20 Å². The first-order valence-electron chi connectivity index (χ1n) is 3.17. The topological polar surface area (TPSA) is 24.1 Å². The molecule has 3 heteroatoms. The molecule has 0 bridgehead atoms. The van der Waals surface area contributed by atoms with E-state index in [0.717, 1.165) is 15.5 Å². The van der Waals surface area contributed by atoms with Crippen molar-refractivity contribution >= 4 is 11.8 Å². The smallest absolute Gasteiger partial charge is 0.284 e. The van der Waals surface area contributed by atoms with Crippen LogP contribution in [0.2, 0.25) is 0 Å². The Morgan fingerprint density at radius 3 is 3.00 bits per heavy atom. The molecule has 0 aliphatic rings. The zero-order chi connectivity index (χ0) is 7.40. The summed E-state index contributed by atoms with van der Waals surface area (Å²) in [6.45, 7) is 2.05. The molecule has 0 aliphatic heterocycles. The van der Waals surface area contributed by atoms with Gasteiger partial charge in [-0.1, -0.05) is 18.7 Å². The molecule has 1 aromatic rings. The molecule has 1 aromatic heterocycles. The van der Waals surface area contributed by atoms with Crippen molar-refractivity contribution in [2.45, 2.75) is 11.9 Å². The molecular formula is C7H10NOS+. The molecule has 0 aromatic carbocycles. The largest absolute Gasteiger partial charge is 0.290 e. The highest BCUT2D eigenvalue weighted by molar-refractivity contribution is 7.99. The van der Waals surface area contributed by atoms with E-state index in [1.54, 1.807) is 24.0 Å². The summed E-state index contributed by atoms with van der Waals surface area (Å²) >= 11 is 1.61. The fraction of sp³-hybridized carbons (Fsp3) is 0.286. The third-order valence-electron chi connectivity index (χ3n) is 1.10. The Morgan fingerprint density at radius 2 is 2.40 bits per heavy atom. The summed E-state index contributed by atoms with van der Waals surface area (Å²) in [6.07, 6.45) is 1.62. The fourth-order valence-corrected chi connectivity index (χ4v) is 1.34. The van der Waals surface area contributed by atoms with E-state index in [4.69, 9.17) is 5.21 Å². The molecular weight excluding hydrogens is 146 g/mol. The van der Waals surface area contributed by atoms with E-state index in [1.807, 2.05) is 12.1 Å². The number of hydrogen-bond acceptors (Lipinski definition) is 2. The van der Waals surface area contributed by atoms with Gasteiger partial charge < -0.3 is 0 Å². The number of rotatable bonds is 2. The summed E-state index contributed by atoms with van der Waals surface area (Å²) in [5.41, 5.74) is 0. The minimum atomic E-state index is 0.880. The normalized spacial score (nSPS) is 9.70. The molecule has 0 spiro atoms. The van der Waals surface area contributed by atoms with Crippen molar-refractivity contribution in [3.8, 4) is 0 Å². The standard InChI is InChI=1S/C7H10NOS/c1-2-10-7-5-3-4-6-8(7)9/h3-6,9H,2H2,1H3/q+1. The summed E-state index contributed by atoms with van der Waals surface area (Å²) in [6, 6.07) is 5.58. The highest BCUT2D eigenvalue weighted by atomic mass is 32.2. The van der Waals surface area contributed by atoms with Crippen LogP contribution in [0.3, 0.4) is 0 Å². The maximum Gasteiger partial charge on any atom is 0.290 e. The van der Waals surface area contributed by atoms with Crippen molar-refractivity contribution in [1.82, 2.24) is 0 Å². The van der Waals surface area contributed by atoms with Crippen LogP contribution in [-0.2, 0) is 0 Å². The van der Waals surface area contributed by atoms with Gasteiger partial charge in [0.1, 0.15) is 0 Å². The third-order valence-corrected chi connectivity index (χ3v) is 2.00. The maximum atomic E-state index is 9.14. The molecule has 0 saturated heterocycles. The van der Waals surface area contributed by atoms with Gasteiger partial charge in [0, 0.05) is 22.6 Å². The van der Waals surface area contributed by atoms with Gasteiger partial charge >= 0.3 is 0 Å². The molecule has 0 radical (unpaired) electrons. The molecule has 1 N–H and O–H groups in total. The lowest BCUT2D eigenvalue weighted by Gasteiger charge is -1.90. The second kappa shape index (κ2) is 3.46. The Balaban J connectivity index is 2.81. The summed E-state index contributed by atoms with van der Waals surface area (Å²) < 4.78 is 1.13. The van der Waals surface area contributed by atoms with Crippen molar-refractivity contribution in [2.24, 2.45) is 0 Å². The van der Waals surface area contributed by atoms with E-state index >= 15 is 0 Å².